The molecule has 1 rings (SSSR count). The number of unbranched alkanes of at least 4 members (excludes halogenated alkanes) is 6. The first kappa shape index (κ1) is 19.4. The van der Waals surface area contributed by atoms with Gasteiger partial charge in [0.1, 0.15) is 5.75 Å². The average Bonchev–Trinajstić information content (AvgIpc) is 2.53. The molecule has 0 radical (unpaired) electrons. The number of para-hydroxylation sites is 1. The lowest BCUT2D eigenvalue weighted by molar-refractivity contribution is 0.253. The van der Waals surface area contributed by atoms with Crippen LogP contribution in [0.2, 0.25) is 0 Å². The lowest BCUT2D eigenvalue weighted by atomic mass is 10.1. The largest absolute Gasteiger partial charge is 0.427 e. The lowest BCUT2D eigenvalue weighted by Crippen LogP contribution is -1.97. The van der Waals surface area contributed by atoms with Gasteiger partial charge in [0, 0.05) is 0 Å². The molecule has 0 saturated carbocycles. The molecular formula is C18H31O3P. The highest BCUT2D eigenvalue weighted by molar-refractivity contribution is 7.41. The fourth-order valence-electron chi connectivity index (χ4n) is 2.30. The summed E-state index contributed by atoms with van der Waals surface area (Å²) in [5, 5.41) is 0. The van der Waals surface area contributed by atoms with Gasteiger partial charge in [0.25, 0.3) is 0 Å². The summed E-state index contributed by atoms with van der Waals surface area (Å²) in [4.78, 5) is 9.91. The van der Waals surface area contributed by atoms with Crippen LogP contribution in [0, 0.1) is 0 Å². The summed E-state index contributed by atoms with van der Waals surface area (Å²) in [6.45, 7) is 4.97. The van der Waals surface area contributed by atoms with E-state index in [1.165, 1.54) is 25.7 Å². The fourth-order valence-corrected chi connectivity index (χ4v) is 2.99. The van der Waals surface area contributed by atoms with Crippen molar-refractivity contribution in [1.82, 2.24) is 0 Å². The maximum atomic E-state index is 9.91. The third kappa shape index (κ3) is 8.73. The Morgan fingerprint density at radius 3 is 2.36 bits per heavy atom. The maximum Gasteiger partial charge on any atom is 0.394 e. The van der Waals surface area contributed by atoms with Crippen LogP contribution in [0.5, 0.6) is 5.75 Å². The van der Waals surface area contributed by atoms with E-state index in [0.717, 1.165) is 43.4 Å². The molecule has 0 spiro atoms. The number of rotatable bonds is 13. The van der Waals surface area contributed by atoms with E-state index in [0.29, 0.717) is 6.61 Å². The third-order valence-corrected chi connectivity index (χ3v) is 4.40. The van der Waals surface area contributed by atoms with Crippen LogP contribution in [0.4, 0.5) is 0 Å². The minimum Gasteiger partial charge on any atom is -0.427 e. The first-order valence-corrected chi connectivity index (χ1v) is 9.78. The molecule has 1 unspecified atom stereocenters. The minimum absolute atomic E-state index is 0.575. The van der Waals surface area contributed by atoms with Crippen LogP contribution >= 0.6 is 8.60 Å². The Labute approximate surface area is 137 Å². The van der Waals surface area contributed by atoms with E-state index in [-0.39, 0.29) is 0 Å². The van der Waals surface area contributed by atoms with E-state index in [9.17, 15) is 4.89 Å². The number of hydrogen-bond acceptors (Lipinski definition) is 3. The number of aryl methyl sites for hydroxylation is 1. The molecule has 4 heteroatoms. The lowest BCUT2D eigenvalue weighted by Gasteiger charge is -2.14. The van der Waals surface area contributed by atoms with Crippen molar-refractivity contribution in [1.29, 1.82) is 0 Å². The molecule has 0 aliphatic rings. The molecule has 0 heterocycles. The van der Waals surface area contributed by atoms with Crippen LogP contribution in [0.25, 0.3) is 0 Å². The molecule has 0 amide bonds. The highest BCUT2D eigenvalue weighted by Gasteiger charge is 2.11. The summed E-state index contributed by atoms with van der Waals surface area (Å²) in [6.07, 6.45) is 10.5. The second-order valence-corrected chi connectivity index (χ2v) is 6.56. The van der Waals surface area contributed by atoms with Crippen LogP contribution < -0.4 is 4.52 Å². The number of hydrogen-bond donors (Lipinski definition) is 1. The molecule has 0 aliphatic carbocycles. The molecule has 0 fully saturated rings. The molecule has 0 bridgehead atoms. The summed E-state index contributed by atoms with van der Waals surface area (Å²) in [5.74, 6) is 0.757. The van der Waals surface area contributed by atoms with Crippen LogP contribution in [-0.4, -0.2) is 11.5 Å². The predicted octanol–water partition coefficient (Wildman–Crippen LogP) is 6.00. The highest BCUT2D eigenvalue weighted by Crippen LogP contribution is 2.37. The van der Waals surface area contributed by atoms with Crippen molar-refractivity contribution in [2.75, 3.05) is 6.61 Å². The van der Waals surface area contributed by atoms with E-state index in [1.807, 2.05) is 18.2 Å². The summed E-state index contributed by atoms with van der Waals surface area (Å²) in [7, 11) is -1.82. The third-order valence-electron chi connectivity index (χ3n) is 3.65. The summed E-state index contributed by atoms with van der Waals surface area (Å²) < 4.78 is 11.0. The minimum atomic E-state index is -1.82. The van der Waals surface area contributed by atoms with Gasteiger partial charge in [0.2, 0.25) is 0 Å². The first-order chi connectivity index (χ1) is 10.8. The van der Waals surface area contributed by atoms with Gasteiger partial charge in [-0.1, -0.05) is 70.6 Å². The quantitative estimate of drug-likeness (QED) is 0.356. The Hall–Kier alpha value is -0.630. The second-order valence-electron chi connectivity index (χ2n) is 5.64. The monoisotopic (exact) mass is 326 g/mol. The van der Waals surface area contributed by atoms with E-state index in [4.69, 9.17) is 9.05 Å². The fraction of sp³-hybridized carbons (Fsp3) is 0.667. The smallest absolute Gasteiger partial charge is 0.394 e. The Bertz CT molecular complexity index is 384. The molecule has 0 aliphatic heterocycles. The SMILES string of the molecule is CCCCCCCCOP(O)Oc1ccccc1CCCC. The van der Waals surface area contributed by atoms with Crippen LogP contribution in [-0.2, 0) is 10.9 Å². The van der Waals surface area contributed by atoms with Gasteiger partial charge in [0.05, 0.1) is 6.61 Å². The van der Waals surface area contributed by atoms with Gasteiger partial charge < -0.3 is 13.9 Å². The molecular weight excluding hydrogens is 295 g/mol. The van der Waals surface area contributed by atoms with Crippen molar-refractivity contribution < 1.29 is 13.9 Å². The normalized spacial score (nSPS) is 12.3. The molecule has 1 aromatic rings. The van der Waals surface area contributed by atoms with E-state index in [2.05, 4.69) is 19.9 Å². The Kier molecular flexibility index (Phi) is 11.4. The van der Waals surface area contributed by atoms with Gasteiger partial charge >= 0.3 is 8.60 Å². The standard InChI is InChI=1S/C18H31O3P/c1-3-5-7-8-9-12-16-20-22(19)21-18-15-11-10-14-17(18)13-6-4-2/h10-11,14-15,19H,3-9,12-13,16H2,1-2H3. The van der Waals surface area contributed by atoms with Gasteiger partial charge in [-0.3, -0.25) is 0 Å². The van der Waals surface area contributed by atoms with Crippen LogP contribution in [0.3, 0.4) is 0 Å². The molecule has 1 aromatic carbocycles. The van der Waals surface area contributed by atoms with Gasteiger partial charge in [-0.05, 0) is 30.9 Å². The molecule has 3 nitrogen and oxygen atoms in total. The van der Waals surface area contributed by atoms with Gasteiger partial charge in [-0.15, -0.1) is 0 Å². The van der Waals surface area contributed by atoms with Crippen LogP contribution in [0.1, 0.15) is 70.8 Å². The van der Waals surface area contributed by atoms with Crippen molar-refractivity contribution in [3.8, 4) is 5.75 Å². The van der Waals surface area contributed by atoms with Crippen LogP contribution in [0.15, 0.2) is 24.3 Å². The van der Waals surface area contributed by atoms with Crippen molar-refractivity contribution in [2.45, 2.75) is 71.6 Å². The predicted molar refractivity (Wildman–Crippen MR) is 94.1 cm³/mol. The van der Waals surface area contributed by atoms with Crippen molar-refractivity contribution in [3.63, 3.8) is 0 Å². The van der Waals surface area contributed by atoms with E-state index in [1.54, 1.807) is 0 Å². The van der Waals surface area contributed by atoms with E-state index >= 15 is 0 Å². The molecule has 1 N–H and O–H groups in total. The second kappa shape index (κ2) is 12.9. The molecule has 1 atom stereocenters. The van der Waals surface area contributed by atoms with Gasteiger partial charge in [-0.25, -0.2) is 0 Å². The highest BCUT2D eigenvalue weighted by atomic mass is 31.2. The molecule has 126 valence electrons. The zero-order chi connectivity index (χ0) is 16.0. The number of benzene rings is 1. The molecule has 22 heavy (non-hydrogen) atoms. The summed E-state index contributed by atoms with van der Waals surface area (Å²) in [5.41, 5.74) is 1.15. The Morgan fingerprint density at radius 1 is 0.909 bits per heavy atom. The van der Waals surface area contributed by atoms with Crippen molar-refractivity contribution in [2.24, 2.45) is 0 Å². The Morgan fingerprint density at radius 2 is 1.59 bits per heavy atom. The van der Waals surface area contributed by atoms with Crippen molar-refractivity contribution in [3.05, 3.63) is 29.8 Å². The molecule has 0 aromatic heterocycles. The zero-order valence-electron chi connectivity index (χ0n) is 14.1. The maximum absolute atomic E-state index is 9.91. The summed E-state index contributed by atoms with van der Waals surface area (Å²) >= 11 is 0. The van der Waals surface area contributed by atoms with Crippen molar-refractivity contribution >= 4 is 8.60 Å². The Balaban J connectivity index is 2.22. The topological polar surface area (TPSA) is 38.7 Å². The summed E-state index contributed by atoms with van der Waals surface area (Å²) in [6, 6.07) is 7.91. The zero-order valence-corrected chi connectivity index (χ0v) is 15.0. The van der Waals surface area contributed by atoms with E-state index < -0.39 is 8.60 Å². The first-order valence-electron chi connectivity index (χ1n) is 8.65. The average molecular weight is 326 g/mol. The van der Waals surface area contributed by atoms with Gasteiger partial charge in [0.15, 0.2) is 0 Å². The van der Waals surface area contributed by atoms with Gasteiger partial charge in [-0.2, -0.15) is 0 Å². The molecule has 0 saturated heterocycles.